The van der Waals surface area contributed by atoms with Gasteiger partial charge in [-0.25, -0.2) is 9.97 Å². The van der Waals surface area contributed by atoms with Gasteiger partial charge in [-0.05, 0) is 92.0 Å². The SMILES string of the molecule is c1ccc(-c2cc(-c3cccnc3)nc(-c3ccc4c(c3)C3(c5ccccc5-c5ccccc5-4)c4ccccc4-c4c3ccc3sc5ccccc5c43)n2)cc1. The number of hydrogen-bond acceptors (Lipinski definition) is 4. The first kappa shape index (κ1) is 31.4. The molecule has 3 aromatic heterocycles. The Hall–Kier alpha value is -7.01. The largest absolute Gasteiger partial charge is 0.264 e. The second kappa shape index (κ2) is 12.0. The van der Waals surface area contributed by atoms with E-state index in [0.717, 1.165) is 28.1 Å². The van der Waals surface area contributed by atoms with Crippen molar-refractivity contribution in [3.8, 4) is 67.3 Å². The molecule has 12 rings (SSSR count). The van der Waals surface area contributed by atoms with Crippen molar-refractivity contribution in [1.82, 2.24) is 15.0 Å². The summed E-state index contributed by atoms with van der Waals surface area (Å²) >= 11 is 1.88. The third kappa shape index (κ3) is 4.36. The molecule has 0 saturated heterocycles. The first-order valence-corrected chi connectivity index (χ1v) is 19.8. The molecule has 56 heavy (non-hydrogen) atoms. The van der Waals surface area contributed by atoms with Crippen LogP contribution in [0.15, 0.2) is 188 Å². The molecule has 0 fully saturated rings. The van der Waals surface area contributed by atoms with Crippen molar-refractivity contribution in [2.45, 2.75) is 5.41 Å². The van der Waals surface area contributed by atoms with Gasteiger partial charge in [-0.15, -0.1) is 11.3 Å². The van der Waals surface area contributed by atoms with Crippen LogP contribution in [0.4, 0.5) is 0 Å². The van der Waals surface area contributed by atoms with Gasteiger partial charge in [0.05, 0.1) is 16.8 Å². The Bertz CT molecular complexity index is 3140. The Morgan fingerprint density at radius 3 is 1.84 bits per heavy atom. The molecular formula is C52H31N3S. The number of fused-ring (bicyclic) bond motifs is 16. The Labute approximate surface area is 328 Å². The number of rotatable bonds is 3. The average Bonchev–Trinajstić information content (AvgIpc) is 3.77. The average molecular weight is 730 g/mol. The fourth-order valence-corrected chi connectivity index (χ4v) is 10.6. The van der Waals surface area contributed by atoms with E-state index in [2.05, 4.69) is 169 Å². The molecular weight excluding hydrogens is 699 g/mol. The summed E-state index contributed by atoms with van der Waals surface area (Å²) in [4.78, 5) is 15.0. The zero-order valence-corrected chi connectivity index (χ0v) is 31.0. The van der Waals surface area contributed by atoms with Crippen molar-refractivity contribution in [1.29, 1.82) is 0 Å². The minimum absolute atomic E-state index is 0.632. The van der Waals surface area contributed by atoms with E-state index in [1.807, 2.05) is 29.7 Å². The van der Waals surface area contributed by atoms with Crippen molar-refractivity contribution >= 4 is 31.5 Å². The van der Waals surface area contributed by atoms with Crippen LogP contribution in [0.1, 0.15) is 22.3 Å². The highest BCUT2D eigenvalue weighted by Crippen LogP contribution is 2.63. The molecule has 3 heterocycles. The topological polar surface area (TPSA) is 38.7 Å². The maximum atomic E-state index is 5.30. The molecule has 260 valence electrons. The van der Waals surface area contributed by atoms with Crippen LogP contribution in [0, 0.1) is 0 Å². The van der Waals surface area contributed by atoms with Gasteiger partial charge in [-0.1, -0.05) is 140 Å². The summed E-state index contributed by atoms with van der Waals surface area (Å²) in [7, 11) is 0. The fourth-order valence-electron chi connectivity index (χ4n) is 9.53. The highest BCUT2D eigenvalue weighted by atomic mass is 32.1. The number of aromatic nitrogens is 3. The molecule has 0 N–H and O–H groups in total. The zero-order valence-electron chi connectivity index (χ0n) is 30.1. The monoisotopic (exact) mass is 729 g/mol. The molecule has 2 aliphatic carbocycles. The molecule has 10 aromatic rings. The standard InChI is InChI=1S/C52H31N3S/c1-2-13-32(14-3-1)45-30-46(34-15-12-28-53-31-34)55-51(54-45)33-24-25-38-36-17-5-4-16-35(36)37-18-6-9-21-41(37)52(44(38)29-33)42-22-10-7-19-39(42)49-43(52)26-27-48-50(49)40-20-8-11-23-47(40)56-48/h1-31H. The minimum atomic E-state index is -0.632. The van der Waals surface area contributed by atoms with Gasteiger partial charge in [0.15, 0.2) is 5.82 Å². The first-order chi connectivity index (χ1) is 27.8. The van der Waals surface area contributed by atoms with Crippen molar-refractivity contribution in [2.24, 2.45) is 0 Å². The Morgan fingerprint density at radius 2 is 1.05 bits per heavy atom. The van der Waals surface area contributed by atoms with Gasteiger partial charge in [-0.2, -0.15) is 0 Å². The van der Waals surface area contributed by atoms with Crippen LogP contribution >= 0.6 is 11.3 Å². The summed E-state index contributed by atoms with van der Waals surface area (Å²) in [5.74, 6) is 0.680. The summed E-state index contributed by atoms with van der Waals surface area (Å²) in [6, 6.07) is 64.2. The molecule has 3 nitrogen and oxygen atoms in total. The van der Waals surface area contributed by atoms with Gasteiger partial charge in [0.1, 0.15) is 0 Å². The smallest absolute Gasteiger partial charge is 0.160 e. The van der Waals surface area contributed by atoms with Crippen molar-refractivity contribution in [3.63, 3.8) is 0 Å². The number of benzene rings is 7. The maximum absolute atomic E-state index is 5.30. The number of nitrogens with zero attached hydrogens (tertiary/aromatic N) is 3. The predicted molar refractivity (Wildman–Crippen MR) is 231 cm³/mol. The van der Waals surface area contributed by atoms with E-state index in [4.69, 9.17) is 9.97 Å². The van der Waals surface area contributed by atoms with E-state index in [1.165, 1.54) is 75.8 Å². The molecule has 1 unspecified atom stereocenters. The Morgan fingerprint density at radius 1 is 0.411 bits per heavy atom. The van der Waals surface area contributed by atoms with Crippen LogP contribution in [0.5, 0.6) is 0 Å². The molecule has 0 radical (unpaired) electrons. The van der Waals surface area contributed by atoms with Crippen LogP contribution in [0.25, 0.3) is 87.5 Å². The van der Waals surface area contributed by atoms with Crippen molar-refractivity contribution in [2.75, 3.05) is 0 Å². The number of hydrogen-bond donors (Lipinski definition) is 0. The molecule has 0 aliphatic heterocycles. The summed E-state index contributed by atoms with van der Waals surface area (Å²) in [5.41, 5.74) is 16.7. The molecule has 1 spiro atoms. The number of thiophene rings is 1. The number of pyridine rings is 1. The normalized spacial score (nSPS) is 14.9. The quantitative estimate of drug-likeness (QED) is 0.182. The highest BCUT2D eigenvalue weighted by Gasteiger charge is 2.50. The molecule has 2 aliphatic rings. The van der Waals surface area contributed by atoms with E-state index < -0.39 is 5.41 Å². The Balaban J connectivity index is 1.22. The maximum Gasteiger partial charge on any atom is 0.160 e. The molecule has 1 atom stereocenters. The van der Waals surface area contributed by atoms with Gasteiger partial charge >= 0.3 is 0 Å². The van der Waals surface area contributed by atoms with Crippen LogP contribution in [-0.4, -0.2) is 15.0 Å². The van der Waals surface area contributed by atoms with E-state index >= 15 is 0 Å². The van der Waals surface area contributed by atoms with E-state index in [9.17, 15) is 0 Å². The predicted octanol–water partition coefficient (Wildman–Crippen LogP) is 13.3. The summed E-state index contributed by atoms with van der Waals surface area (Å²) in [6.07, 6.45) is 3.68. The van der Waals surface area contributed by atoms with Crippen LogP contribution in [0.3, 0.4) is 0 Å². The fraction of sp³-hybridized carbons (Fsp3) is 0.0192. The highest BCUT2D eigenvalue weighted by molar-refractivity contribution is 7.26. The van der Waals surface area contributed by atoms with E-state index in [1.54, 1.807) is 6.20 Å². The lowest BCUT2D eigenvalue weighted by molar-refractivity contribution is 0.776. The van der Waals surface area contributed by atoms with E-state index in [0.29, 0.717) is 5.82 Å². The van der Waals surface area contributed by atoms with Gasteiger partial charge in [0.2, 0.25) is 0 Å². The molecule has 0 amide bonds. The third-order valence-corrected chi connectivity index (χ3v) is 13.0. The minimum Gasteiger partial charge on any atom is -0.264 e. The molecule has 7 aromatic carbocycles. The molecule has 0 saturated carbocycles. The zero-order chi connectivity index (χ0) is 36.8. The summed E-state index contributed by atoms with van der Waals surface area (Å²) in [5, 5.41) is 2.65. The van der Waals surface area contributed by atoms with Crippen LogP contribution in [0.2, 0.25) is 0 Å². The van der Waals surface area contributed by atoms with Gasteiger partial charge in [0, 0.05) is 49.3 Å². The second-order valence-electron chi connectivity index (χ2n) is 14.7. The lowest BCUT2D eigenvalue weighted by atomic mass is 9.65. The Kier molecular flexibility index (Phi) is 6.72. The lowest BCUT2D eigenvalue weighted by Crippen LogP contribution is -2.29. The van der Waals surface area contributed by atoms with Crippen LogP contribution < -0.4 is 0 Å². The second-order valence-corrected chi connectivity index (χ2v) is 15.8. The van der Waals surface area contributed by atoms with Gasteiger partial charge in [-0.3, -0.25) is 4.98 Å². The molecule has 0 bridgehead atoms. The van der Waals surface area contributed by atoms with Crippen LogP contribution in [-0.2, 0) is 5.41 Å². The first-order valence-electron chi connectivity index (χ1n) is 19.0. The summed E-state index contributed by atoms with van der Waals surface area (Å²) in [6.45, 7) is 0. The van der Waals surface area contributed by atoms with Gasteiger partial charge in [0.25, 0.3) is 0 Å². The summed E-state index contributed by atoms with van der Waals surface area (Å²) < 4.78 is 2.62. The molecule has 4 heteroatoms. The van der Waals surface area contributed by atoms with Crippen molar-refractivity contribution in [3.05, 3.63) is 211 Å². The lowest BCUT2D eigenvalue weighted by Gasteiger charge is -2.35. The van der Waals surface area contributed by atoms with E-state index in [-0.39, 0.29) is 0 Å². The van der Waals surface area contributed by atoms with Crippen molar-refractivity contribution < 1.29 is 0 Å². The third-order valence-electron chi connectivity index (χ3n) is 11.8. The van der Waals surface area contributed by atoms with Gasteiger partial charge < -0.3 is 0 Å².